The zero-order valence-electron chi connectivity index (χ0n) is 17.6. The molecule has 5 nitrogen and oxygen atoms in total. The SMILES string of the molecule is CCc1cc(F)ccc1C1CCC1COc1nc(C)ncc1-c1ccn(C)c(=O)c1. The molecule has 2 heterocycles. The third kappa shape index (κ3) is 3.99. The van der Waals surface area contributed by atoms with Gasteiger partial charge in [0.1, 0.15) is 11.6 Å². The Balaban J connectivity index is 1.55. The monoisotopic (exact) mass is 407 g/mol. The summed E-state index contributed by atoms with van der Waals surface area (Å²) in [5.41, 5.74) is 3.66. The third-order valence-corrected chi connectivity index (χ3v) is 6.03. The highest BCUT2D eigenvalue weighted by Gasteiger charge is 2.34. The van der Waals surface area contributed by atoms with E-state index in [1.807, 2.05) is 19.1 Å². The number of hydrogen-bond donors (Lipinski definition) is 0. The molecule has 30 heavy (non-hydrogen) atoms. The first kappa shape index (κ1) is 20.3. The van der Waals surface area contributed by atoms with Crippen LogP contribution in [0, 0.1) is 18.7 Å². The van der Waals surface area contributed by atoms with Crippen molar-refractivity contribution >= 4 is 0 Å². The predicted octanol–water partition coefficient (Wildman–Crippen LogP) is 4.42. The number of pyridine rings is 1. The molecule has 0 spiro atoms. The average molecular weight is 407 g/mol. The van der Waals surface area contributed by atoms with E-state index in [4.69, 9.17) is 4.74 Å². The summed E-state index contributed by atoms with van der Waals surface area (Å²) in [4.78, 5) is 20.8. The Hall–Kier alpha value is -3.02. The van der Waals surface area contributed by atoms with Crippen LogP contribution >= 0.6 is 0 Å². The first-order chi connectivity index (χ1) is 14.5. The summed E-state index contributed by atoms with van der Waals surface area (Å²) in [5, 5.41) is 0. The minimum Gasteiger partial charge on any atom is -0.477 e. The fourth-order valence-electron chi connectivity index (χ4n) is 4.08. The lowest BCUT2D eigenvalue weighted by molar-refractivity contribution is 0.146. The molecule has 0 amide bonds. The number of nitrogens with zero attached hydrogens (tertiary/aromatic N) is 3. The molecule has 0 N–H and O–H groups in total. The highest BCUT2D eigenvalue weighted by molar-refractivity contribution is 5.67. The number of halogens is 1. The van der Waals surface area contributed by atoms with E-state index < -0.39 is 0 Å². The average Bonchev–Trinajstić information content (AvgIpc) is 2.71. The van der Waals surface area contributed by atoms with Crippen LogP contribution in [0.4, 0.5) is 4.39 Å². The van der Waals surface area contributed by atoms with E-state index in [-0.39, 0.29) is 11.4 Å². The van der Waals surface area contributed by atoms with Crippen LogP contribution in [0.2, 0.25) is 0 Å². The van der Waals surface area contributed by atoms with Crippen LogP contribution in [0.15, 0.2) is 47.5 Å². The van der Waals surface area contributed by atoms with Crippen LogP contribution in [-0.4, -0.2) is 21.1 Å². The van der Waals surface area contributed by atoms with Gasteiger partial charge in [-0.15, -0.1) is 0 Å². The van der Waals surface area contributed by atoms with Gasteiger partial charge in [0, 0.05) is 25.5 Å². The van der Waals surface area contributed by atoms with E-state index in [9.17, 15) is 9.18 Å². The summed E-state index contributed by atoms with van der Waals surface area (Å²) in [6.45, 7) is 4.40. The molecule has 0 bridgehead atoms. The molecule has 1 aliphatic rings. The van der Waals surface area contributed by atoms with Gasteiger partial charge in [-0.2, -0.15) is 4.98 Å². The second-order valence-electron chi connectivity index (χ2n) is 7.95. The summed E-state index contributed by atoms with van der Waals surface area (Å²) in [6.07, 6.45) is 6.40. The molecular weight excluding hydrogens is 381 g/mol. The van der Waals surface area contributed by atoms with Crippen LogP contribution in [0.1, 0.15) is 42.6 Å². The maximum Gasteiger partial charge on any atom is 0.250 e. The molecule has 1 aliphatic carbocycles. The van der Waals surface area contributed by atoms with Crippen LogP contribution in [0.3, 0.4) is 0 Å². The number of aryl methyl sites for hydroxylation is 3. The van der Waals surface area contributed by atoms with Crippen LogP contribution in [0.25, 0.3) is 11.1 Å². The van der Waals surface area contributed by atoms with Crippen molar-refractivity contribution in [3.8, 4) is 17.0 Å². The van der Waals surface area contributed by atoms with Crippen molar-refractivity contribution in [2.24, 2.45) is 13.0 Å². The maximum absolute atomic E-state index is 13.6. The minimum atomic E-state index is -0.183. The second-order valence-corrected chi connectivity index (χ2v) is 7.95. The molecule has 3 aromatic rings. The quantitative estimate of drug-likeness (QED) is 0.607. The van der Waals surface area contributed by atoms with Gasteiger partial charge in [0.15, 0.2) is 0 Å². The third-order valence-electron chi connectivity index (χ3n) is 6.03. The fourth-order valence-corrected chi connectivity index (χ4v) is 4.08. The Morgan fingerprint density at radius 3 is 2.77 bits per heavy atom. The Morgan fingerprint density at radius 1 is 1.23 bits per heavy atom. The second kappa shape index (κ2) is 8.38. The molecule has 4 rings (SSSR count). The van der Waals surface area contributed by atoms with Crippen molar-refractivity contribution in [3.05, 3.63) is 75.8 Å². The summed E-state index contributed by atoms with van der Waals surface area (Å²) >= 11 is 0. The number of hydrogen-bond acceptors (Lipinski definition) is 4. The Kier molecular flexibility index (Phi) is 5.66. The number of aromatic nitrogens is 3. The minimum absolute atomic E-state index is 0.0958. The van der Waals surface area contributed by atoms with Gasteiger partial charge in [-0.1, -0.05) is 13.0 Å². The molecule has 1 saturated carbocycles. The van der Waals surface area contributed by atoms with Gasteiger partial charge in [-0.25, -0.2) is 9.37 Å². The van der Waals surface area contributed by atoms with Crippen molar-refractivity contribution in [2.45, 2.75) is 39.0 Å². The largest absolute Gasteiger partial charge is 0.477 e. The Morgan fingerprint density at radius 2 is 2.07 bits per heavy atom. The van der Waals surface area contributed by atoms with Crippen molar-refractivity contribution in [1.29, 1.82) is 0 Å². The molecule has 6 heteroatoms. The van der Waals surface area contributed by atoms with E-state index in [0.29, 0.717) is 35.7 Å². The number of benzene rings is 1. The molecule has 2 atom stereocenters. The number of ether oxygens (including phenoxy) is 1. The fraction of sp³-hybridized carbons (Fsp3) is 0.375. The number of rotatable bonds is 6. The van der Waals surface area contributed by atoms with E-state index in [1.165, 1.54) is 10.1 Å². The van der Waals surface area contributed by atoms with E-state index in [1.54, 1.807) is 37.6 Å². The van der Waals surface area contributed by atoms with Gasteiger partial charge < -0.3 is 9.30 Å². The van der Waals surface area contributed by atoms with Crippen LogP contribution < -0.4 is 10.3 Å². The van der Waals surface area contributed by atoms with Gasteiger partial charge in [0.2, 0.25) is 5.88 Å². The molecule has 0 saturated heterocycles. The van der Waals surface area contributed by atoms with Crippen molar-refractivity contribution < 1.29 is 9.13 Å². The molecule has 2 aromatic heterocycles. The van der Waals surface area contributed by atoms with E-state index >= 15 is 0 Å². The first-order valence-corrected chi connectivity index (χ1v) is 10.4. The van der Waals surface area contributed by atoms with Gasteiger partial charge in [-0.3, -0.25) is 4.79 Å². The summed E-state index contributed by atoms with van der Waals surface area (Å²) in [7, 11) is 1.71. The molecule has 0 radical (unpaired) electrons. The standard InChI is InChI=1S/C24H26FN3O2/c1-4-16-11-19(25)6-8-20(16)21-7-5-18(21)14-30-24-22(13-26-15(2)27-24)17-9-10-28(3)23(29)12-17/h6,8-13,18,21H,4-5,7,14H2,1-3H3. The highest BCUT2D eigenvalue weighted by atomic mass is 19.1. The van der Waals surface area contributed by atoms with Crippen LogP contribution in [0.5, 0.6) is 5.88 Å². The van der Waals surface area contributed by atoms with E-state index in [0.717, 1.165) is 30.4 Å². The molecule has 1 aromatic carbocycles. The summed E-state index contributed by atoms with van der Waals surface area (Å²) in [5.74, 6) is 1.66. The lowest BCUT2D eigenvalue weighted by Crippen LogP contribution is -2.30. The van der Waals surface area contributed by atoms with Crippen molar-refractivity contribution in [2.75, 3.05) is 6.61 Å². The van der Waals surface area contributed by atoms with Crippen molar-refractivity contribution in [3.63, 3.8) is 0 Å². The Bertz CT molecular complexity index is 1130. The smallest absolute Gasteiger partial charge is 0.250 e. The normalized spacial score (nSPS) is 18.1. The zero-order chi connectivity index (χ0) is 21.3. The topological polar surface area (TPSA) is 57.0 Å². The van der Waals surface area contributed by atoms with Gasteiger partial charge in [-0.05, 0) is 72.9 Å². The highest BCUT2D eigenvalue weighted by Crippen LogP contribution is 2.44. The summed E-state index contributed by atoms with van der Waals surface area (Å²) in [6, 6.07) is 8.55. The molecule has 2 unspecified atom stereocenters. The van der Waals surface area contributed by atoms with E-state index in [2.05, 4.69) is 16.9 Å². The Labute approximate surface area is 175 Å². The first-order valence-electron chi connectivity index (χ1n) is 10.4. The molecular formula is C24H26FN3O2. The predicted molar refractivity (Wildman–Crippen MR) is 114 cm³/mol. The van der Waals surface area contributed by atoms with Crippen LogP contribution in [-0.2, 0) is 13.5 Å². The lowest BCUT2D eigenvalue weighted by atomic mass is 9.69. The molecule has 1 fully saturated rings. The molecule has 0 aliphatic heterocycles. The summed E-state index contributed by atoms with van der Waals surface area (Å²) < 4.78 is 21.3. The zero-order valence-corrected chi connectivity index (χ0v) is 17.6. The van der Waals surface area contributed by atoms with Gasteiger partial charge in [0.25, 0.3) is 5.56 Å². The molecule has 156 valence electrons. The van der Waals surface area contributed by atoms with Gasteiger partial charge >= 0.3 is 0 Å². The maximum atomic E-state index is 13.6. The lowest BCUT2D eigenvalue weighted by Gasteiger charge is -2.38. The van der Waals surface area contributed by atoms with Crippen molar-refractivity contribution in [1.82, 2.24) is 14.5 Å². The van der Waals surface area contributed by atoms with Gasteiger partial charge in [0.05, 0.1) is 12.2 Å².